The summed E-state index contributed by atoms with van der Waals surface area (Å²) < 4.78 is 5.59. The Bertz CT molecular complexity index is 428. The molecule has 0 aliphatic carbocycles. The van der Waals surface area contributed by atoms with Crippen LogP contribution >= 0.6 is 24.0 Å². The van der Waals surface area contributed by atoms with Gasteiger partial charge in [0.2, 0.25) is 0 Å². The van der Waals surface area contributed by atoms with E-state index in [4.69, 9.17) is 4.74 Å². The second-order valence-electron chi connectivity index (χ2n) is 5.25. The Morgan fingerprint density at radius 1 is 1.29 bits per heavy atom. The Hall–Kier alpha value is -0.820. The third-order valence-corrected chi connectivity index (χ3v) is 3.57. The van der Waals surface area contributed by atoms with Gasteiger partial charge in [0.1, 0.15) is 0 Å². The lowest BCUT2D eigenvalue weighted by Crippen LogP contribution is -2.41. The zero-order valence-electron chi connectivity index (χ0n) is 12.9. The summed E-state index contributed by atoms with van der Waals surface area (Å²) in [5.41, 5.74) is 2.65. The molecule has 1 unspecified atom stereocenters. The lowest BCUT2D eigenvalue weighted by Gasteiger charge is -2.15. The molecule has 1 aliphatic heterocycles. The van der Waals surface area contributed by atoms with E-state index in [0.29, 0.717) is 6.10 Å². The van der Waals surface area contributed by atoms with Crippen LogP contribution in [0.5, 0.6) is 0 Å². The Morgan fingerprint density at radius 3 is 2.67 bits per heavy atom. The Labute approximate surface area is 144 Å². The van der Waals surface area contributed by atoms with Crippen molar-refractivity contribution in [3.05, 3.63) is 35.4 Å². The second kappa shape index (κ2) is 10.00. The summed E-state index contributed by atoms with van der Waals surface area (Å²) in [5.74, 6) is 0.854. The van der Waals surface area contributed by atoms with Crippen molar-refractivity contribution in [3.63, 3.8) is 0 Å². The van der Waals surface area contributed by atoms with E-state index in [1.807, 2.05) is 0 Å². The number of nitrogens with one attached hydrogen (secondary N) is 2. The number of hydrogen-bond acceptors (Lipinski definition) is 2. The van der Waals surface area contributed by atoms with Crippen LogP contribution in [0.1, 0.15) is 24.0 Å². The predicted octanol–water partition coefficient (Wildman–Crippen LogP) is 2.50. The monoisotopic (exact) mass is 403 g/mol. The second-order valence-corrected chi connectivity index (χ2v) is 5.25. The maximum atomic E-state index is 5.59. The summed E-state index contributed by atoms with van der Waals surface area (Å²) in [5, 5.41) is 6.66. The summed E-state index contributed by atoms with van der Waals surface area (Å²) in [6, 6.07) is 8.67. The minimum Gasteiger partial charge on any atom is -0.376 e. The van der Waals surface area contributed by atoms with E-state index < -0.39 is 0 Å². The first-order valence-corrected chi connectivity index (χ1v) is 7.39. The molecule has 5 heteroatoms. The van der Waals surface area contributed by atoms with Crippen LogP contribution in [0.25, 0.3) is 0 Å². The van der Waals surface area contributed by atoms with Gasteiger partial charge in [0, 0.05) is 26.7 Å². The van der Waals surface area contributed by atoms with Crippen LogP contribution in [-0.2, 0) is 11.2 Å². The van der Waals surface area contributed by atoms with Crippen molar-refractivity contribution in [1.29, 1.82) is 0 Å². The van der Waals surface area contributed by atoms with Gasteiger partial charge in [-0.2, -0.15) is 0 Å². The maximum Gasteiger partial charge on any atom is 0.191 e. The molecule has 1 heterocycles. The fraction of sp³-hybridized carbons (Fsp3) is 0.562. The lowest BCUT2D eigenvalue weighted by molar-refractivity contribution is 0.114. The van der Waals surface area contributed by atoms with Gasteiger partial charge in [0.25, 0.3) is 0 Å². The zero-order valence-corrected chi connectivity index (χ0v) is 15.2. The van der Waals surface area contributed by atoms with Crippen molar-refractivity contribution in [3.8, 4) is 0 Å². The number of nitrogens with zero attached hydrogens (tertiary/aromatic N) is 1. The van der Waals surface area contributed by atoms with E-state index in [2.05, 4.69) is 46.8 Å². The Morgan fingerprint density at radius 2 is 2.05 bits per heavy atom. The average molecular weight is 403 g/mol. The number of benzene rings is 1. The van der Waals surface area contributed by atoms with Crippen molar-refractivity contribution in [2.24, 2.45) is 4.99 Å². The molecule has 1 aliphatic rings. The molecule has 1 aromatic carbocycles. The van der Waals surface area contributed by atoms with Gasteiger partial charge in [0.15, 0.2) is 5.96 Å². The molecule has 0 spiro atoms. The number of hydrogen-bond donors (Lipinski definition) is 2. The smallest absolute Gasteiger partial charge is 0.191 e. The molecule has 1 fully saturated rings. The highest BCUT2D eigenvalue weighted by Crippen LogP contribution is 2.10. The van der Waals surface area contributed by atoms with E-state index in [1.165, 1.54) is 17.5 Å². The summed E-state index contributed by atoms with van der Waals surface area (Å²) in [6.07, 6.45) is 3.66. The zero-order chi connectivity index (χ0) is 14.2. The number of halogens is 1. The first-order chi connectivity index (χ1) is 9.78. The van der Waals surface area contributed by atoms with Gasteiger partial charge in [0.05, 0.1) is 6.10 Å². The van der Waals surface area contributed by atoms with Crippen LogP contribution in [-0.4, -0.2) is 38.8 Å². The van der Waals surface area contributed by atoms with Gasteiger partial charge >= 0.3 is 0 Å². The Balaban J connectivity index is 0.00000220. The predicted molar refractivity (Wildman–Crippen MR) is 98.6 cm³/mol. The summed E-state index contributed by atoms with van der Waals surface area (Å²) in [7, 11) is 1.80. The normalized spacial score (nSPS) is 18.2. The molecule has 1 aromatic rings. The van der Waals surface area contributed by atoms with Crippen molar-refractivity contribution in [2.75, 3.05) is 26.7 Å². The number of rotatable bonds is 5. The first kappa shape index (κ1) is 18.2. The van der Waals surface area contributed by atoms with Crippen LogP contribution < -0.4 is 10.6 Å². The van der Waals surface area contributed by atoms with Gasteiger partial charge in [-0.1, -0.05) is 29.8 Å². The number of ether oxygens (including phenoxy) is 1. The van der Waals surface area contributed by atoms with Crippen LogP contribution in [0.15, 0.2) is 29.3 Å². The highest BCUT2D eigenvalue weighted by molar-refractivity contribution is 14.0. The molecule has 4 nitrogen and oxygen atoms in total. The number of aliphatic imine (C=N–C) groups is 1. The molecule has 21 heavy (non-hydrogen) atoms. The summed E-state index contributed by atoms with van der Waals surface area (Å²) >= 11 is 0. The number of guanidine groups is 1. The summed E-state index contributed by atoms with van der Waals surface area (Å²) in [6.45, 7) is 4.73. The lowest BCUT2D eigenvalue weighted by atomic mass is 10.1. The largest absolute Gasteiger partial charge is 0.376 e. The first-order valence-electron chi connectivity index (χ1n) is 7.39. The van der Waals surface area contributed by atoms with Crippen LogP contribution in [0.4, 0.5) is 0 Å². The fourth-order valence-electron chi connectivity index (χ4n) is 2.32. The minimum absolute atomic E-state index is 0. The van der Waals surface area contributed by atoms with Gasteiger partial charge in [-0.05, 0) is 31.7 Å². The molecule has 0 aromatic heterocycles. The van der Waals surface area contributed by atoms with Gasteiger partial charge in [-0.25, -0.2) is 0 Å². The van der Waals surface area contributed by atoms with Crippen molar-refractivity contribution in [2.45, 2.75) is 32.3 Å². The fourth-order valence-corrected chi connectivity index (χ4v) is 2.32. The minimum atomic E-state index is 0. The molecule has 2 N–H and O–H groups in total. The number of aryl methyl sites for hydroxylation is 1. The van der Waals surface area contributed by atoms with Crippen LogP contribution in [0, 0.1) is 6.92 Å². The molecule has 1 atom stereocenters. The third-order valence-electron chi connectivity index (χ3n) is 3.57. The van der Waals surface area contributed by atoms with E-state index in [-0.39, 0.29) is 24.0 Å². The van der Waals surface area contributed by atoms with E-state index in [1.54, 1.807) is 7.05 Å². The van der Waals surface area contributed by atoms with E-state index in [9.17, 15) is 0 Å². The quantitative estimate of drug-likeness (QED) is 0.451. The van der Waals surface area contributed by atoms with Gasteiger partial charge < -0.3 is 15.4 Å². The average Bonchev–Trinajstić information content (AvgIpc) is 2.98. The molecule has 2 rings (SSSR count). The van der Waals surface area contributed by atoms with Gasteiger partial charge in [-0.3, -0.25) is 4.99 Å². The van der Waals surface area contributed by atoms with E-state index in [0.717, 1.165) is 38.5 Å². The molecule has 0 saturated carbocycles. The van der Waals surface area contributed by atoms with Gasteiger partial charge in [-0.15, -0.1) is 24.0 Å². The molecule has 0 amide bonds. The highest BCUT2D eigenvalue weighted by atomic mass is 127. The maximum absolute atomic E-state index is 5.59. The highest BCUT2D eigenvalue weighted by Gasteiger charge is 2.15. The van der Waals surface area contributed by atoms with Crippen LogP contribution in [0.3, 0.4) is 0 Å². The topological polar surface area (TPSA) is 45.7 Å². The Kier molecular flexibility index (Phi) is 8.68. The molecule has 118 valence electrons. The standard InChI is InChI=1S/C16H25N3O.HI/c1-13-5-7-14(8-6-13)9-10-18-16(17-2)19-12-15-4-3-11-20-15;/h5-8,15H,3-4,9-12H2,1-2H3,(H2,17,18,19);1H. The molecular weight excluding hydrogens is 377 g/mol. The third kappa shape index (κ3) is 6.65. The van der Waals surface area contributed by atoms with Crippen molar-refractivity contribution >= 4 is 29.9 Å². The van der Waals surface area contributed by atoms with Crippen LogP contribution in [0.2, 0.25) is 0 Å². The molecule has 0 bridgehead atoms. The van der Waals surface area contributed by atoms with Crippen molar-refractivity contribution in [1.82, 2.24) is 10.6 Å². The summed E-state index contributed by atoms with van der Waals surface area (Å²) in [4.78, 5) is 4.23. The molecule has 1 saturated heterocycles. The molecular formula is C16H26IN3O. The van der Waals surface area contributed by atoms with Crippen molar-refractivity contribution < 1.29 is 4.74 Å². The SMILES string of the molecule is CN=C(NCCc1ccc(C)cc1)NCC1CCCO1.I. The molecule has 0 radical (unpaired) electrons. The van der Waals surface area contributed by atoms with E-state index >= 15 is 0 Å².